The standard InChI is InChI=1S/C21H18Br2N2O5S/c1-10-4-5-12(6-11(10)2)24-17(26)9-25-20(28)16(31-21(25)29)7-13-18(23)14(22)8-15(30-3)19(13)27/h4-8,27H,9H2,1-3H3,(H,24,26). The van der Waals surface area contributed by atoms with E-state index in [1.807, 2.05) is 26.0 Å². The van der Waals surface area contributed by atoms with Gasteiger partial charge in [0, 0.05) is 20.2 Å². The van der Waals surface area contributed by atoms with Gasteiger partial charge in [-0.3, -0.25) is 19.3 Å². The van der Waals surface area contributed by atoms with Crippen LogP contribution in [0.3, 0.4) is 0 Å². The topological polar surface area (TPSA) is 95.9 Å². The fourth-order valence-electron chi connectivity index (χ4n) is 2.83. The molecule has 1 heterocycles. The van der Waals surface area contributed by atoms with E-state index >= 15 is 0 Å². The first-order valence-corrected chi connectivity index (χ1v) is 11.4. The van der Waals surface area contributed by atoms with E-state index in [2.05, 4.69) is 37.2 Å². The number of halogens is 2. The summed E-state index contributed by atoms with van der Waals surface area (Å²) in [5.74, 6) is -1.08. The van der Waals surface area contributed by atoms with Crippen molar-refractivity contribution in [2.75, 3.05) is 19.0 Å². The van der Waals surface area contributed by atoms with Gasteiger partial charge in [-0.15, -0.1) is 0 Å². The summed E-state index contributed by atoms with van der Waals surface area (Å²) in [4.78, 5) is 38.5. The summed E-state index contributed by atoms with van der Waals surface area (Å²) >= 11 is 7.39. The van der Waals surface area contributed by atoms with Crippen LogP contribution in [0.5, 0.6) is 11.5 Å². The first kappa shape index (κ1) is 23.4. The van der Waals surface area contributed by atoms with Crippen LogP contribution in [0, 0.1) is 13.8 Å². The number of anilines is 1. The number of thioether (sulfide) groups is 1. The quantitative estimate of drug-likeness (QED) is 0.479. The number of ether oxygens (including phenoxy) is 1. The van der Waals surface area contributed by atoms with Crippen LogP contribution in [0.15, 0.2) is 38.1 Å². The summed E-state index contributed by atoms with van der Waals surface area (Å²) in [5.41, 5.74) is 2.97. The second-order valence-corrected chi connectivity index (χ2v) is 9.39. The van der Waals surface area contributed by atoms with E-state index < -0.39 is 23.6 Å². The van der Waals surface area contributed by atoms with Gasteiger partial charge >= 0.3 is 0 Å². The molecule has 1 fully saturated rings. The number of hydrogen-bond donors (Lipinski definition) is 2. The highest BCUT2D eigenvalue weighted by molar-refractivity contribution is 9.13. The van der Waals surface area contributed by atoms with Crippen molar-refractivity contribution in [2.45, 2.75) is 13.8 Å². The first-order valence-electron chi connectivity index (χ1n) is 8.99. The lowest BCUT2D eigenvalue weighted by molar-refractivity contribution is -0.127. The van der Waals surface area contributed by atoms with Crippen LogP contribution in [-0.4, -0.2) is 40.7 Å². The Balaban J connectivity index is 1.80. The molecule has 162 valence electrons. The van der Waals surface area contributed by atoms with Crippen molar-refractivity contribution in [3.8, 4) is 11.5 Å². The smallest absolute Gasteiger partial charge is 0.294 e. The molecular weight excluding hydrogens is 552 g/mol. The summed E-state index contributed by atoms with van der Waals surface area (Å²) in [6, 6.07) is 7.03. The number of nitrogens with one attached hydrogen (secondary N) is 1. The minimum atomic E-state index is -0.615. The lowest BCUT2D eigenvalue weighted by Gasteiger charge is -2.13. The highest BCUT2D eigenvalue weighted by atomic mass is 79.9. The lowest BCUT2D eigenvalue weighted by atomic mass is 10.1. The molecule has 3 amide bonds. The molecule has 31 heavy (non-hydrogen) atoms. The Morgan fingerprint density at radius 3 is 2.58 bits per heavy atom. The molecule has 0 aliphatic carbocycles. The molecule has 0 atom stereocenters. The zero-order valence-corrected chi connectivity index (χ0v) is 20.8. The third-order valence-electron chi connectivity index (χ3n) is 4.65. The molecule has 10 heteroatoms. The molecular formula is C21H18Br2N2O5S. The van der Waals surface area contributed by atoms with Crippen LogP contribution in [0.4, 0.5) is 10.5 Å². The van der Waals surface area contributed by atoms with E-state index in [0.717, 1.165) is 16.0 Å². The molecule has 1 saturated heterocycles. The van der Waals surface area contributed by atoms with Gasteiger partial charge in [0.15, 0.2) is 11.5 Å². The third-order valence-corrected chi connectivity index (χ3v) is 7.57. The van der Waals surface area contributed by atoms with Gasteiger partial charge in [0.2, 0.25) is 5.91 Å². The number of carbonyl (C=O) groups is 3. The van der Waals surface area contributed by atoms with E-state index in [1.165, 1.54) is 13.2 Å². The Morgan fingerprint density at radius 2 is 1.94 bits per heavy atom. The summed E-state index contributed by atoms with van der Waals surface area (Å²) in [6.07, 6.45) is 1.39. The highest BCUT2D eigenvalue weighted by Crippen LogP contribution is 2.43. The molecule has 7 nitrogen and oxygen atoms in total. The second-order valence-electron chi connectivity index (χ2n) is 6.75. The Kier molecular flexibility index (Phi) is 7.13. The van der Waals surface area contributed by atoms with Crippen molar-refractivity contribution in [3.05, 3.63) is 54.8 Å². The van der Waals surface area contributed by atoms with E-state index in [1.54, 1.807) is 12.1 Å². The maximum absolute atomic E-state index is 12.8. The minimum absolute atomic E-state index is 0.0835. The number of phenolic OH excluding ortho intramolecular Hbond substituents is 1. The molecule has 2 aromatic carbocycles. The molecule has 2 aromatic rings. The number of aryl methyl sites for hydroxylation is 2. The highest BCUT2D eigenvalue weighted by Gasteiger charge is 2.36. The molecule has 0 bridgehead atoms. The van der Waals surface area contributed by atoms with Crippen LogP contribution < -0.4 is 10.1 Å². The number of rotatable bonds is 5. The zero-order chi connectivity index (χ0) is 22.9. The number of hydrogen-bond acceptors (Lipinski definition) is 6. The number of benzene rings is 2. The van der Waals surface area contributed by atoms with E-state index in [-0.39, 0.29) is 22.0 Å². The number of aromatic hydroxyl groups is 1. The van der Waals surface area contributed by atoms with Crippen molar-refractivity contribution in [1.82, 2.24) is 4.90 Å². The maximum Gasteiger partial charge on any atom is 0.294 e. The monoisotopic (exact) mass is 568 g/mol. The lowest BCUT2D eigenvalue weighted by Crippen LogP contribution is -2.36. The molecule has 0 spiro atoms. The van der Waals surface area contributed by atoms with Gasteiger partial charge in [0.1, 0.15) is 6.54 Å². The number of amides is 3. The Labute approximate surface area is 200 Å². The van der Waals surface area contributed by atoms with Gasteiger partial charge in [-0.05, 0) is 92.9 Å². The zero-order valence-electron chi connectivity index (χ0n) is 16.8. The number of methoxy groups -OCH3 is 1. The fraction of sp³-hybridized carbons (Fsp3) is 0.190. The number of phenols is 1. The molecule has 0 radical (unpaired) electrons. The minimum Gasteiger partial charge on any atom is -0.504 e. The van der Waals surface area contributed by atoms with Gasteiger partial charge in [0.05, 0.1) is 12.0 Å². The molecule has 1 aliphatic heterocycles. The van der Waals surface area contributed by atoms with Gasteiger partial charge in [-0.2, -0.15) is 0 Å². The van der Waals surface area contributed by atoms with Crippen LogP contribution in [-0.2, 0) is 9.59 Å². The van der Waals surface area contributed by atoms with Gasteiger partial charge in [-0.1, -0.05) is 6.07 Å². The van der Waals surface area contributed by atoms with E-state index in [4.69, 9.17) is 4.74 Å². The van der Waals surface area contributed by atoms with Crippen molar-refractivity contribution in [1.29, 1.82) is 0 Å². The van der Waals surface area contributed by atoms with Gasteiger partial charge in [0.25, 0.3) is 11.1 Å². The normalized spacial score (nSPS) is 15.0. The van der Waals surface area contributed by atoms with Crippen molar-refractivity contribution < 1.29 is 24.2 Å². The van der Waals surface area contributed by atoms with E-state index in [0.29, 0.717) is 26.4 Å². The van der Waals surface area contributed by atoms with Crippen LogP contribution in [0.25, 0.3) is 6.08 Å². The maximum atomic E-state index is 12.8. The predicted octanol–water partition coefficient (Wildman–Crippen LogP) is 5.22. The van der Waals surface area contributed by atoms with Crippen LogP contribution >= 0.6 is 43.6 Å². The first-order chi connectivity index (χ1) is 14.6. The predicted molar refractivity (Wildman–Crippen MR) is 127 cm³/mol. The largest absolute Gasteiger partial charge is 0.504 e. The van der Waals surface area contributed by atoms with E-state index in [9.17, 15) is 19.5 Å². The Bertz CT molecular complexity index is 1130. The molecule has 0 unspecified atom stereocenters. The summed E-state index contributed by atoms with van der Waals surface area (Å²) in [7, 11) is 1.40. The second kappa shape index (κ2) is 9.46. The third kappa shape index (κ3) is 4.97. The fourth-order valence-corrected chi connectivity index (χ4v) is 4.49. The van der Waals surface area contributed by atoms with Crippen LogP contribution in [0.2, 0.25) is 0 Å². The van der Waals surface area contributed by atoms with Crippen molar-refractivity contribution in [2.24, 2.45) is 0 Å². The van der Waals surface area contributed by atoms with Gasteiger partial charge in [-0.25, -0.2) is 0 Å². The van der Waals surface area contributed by atoms with Crippen LogP contribution in [0.1, 0.15) is 16.7 Å². The molecule has 2 N–H and O–H groups in total. The van der Waals surface area contributed by atoms with Crippen molar-refractivity contribution >= 4 is 72.4 Å². The Hall–Kier alpha value is -2.30. The Morgan fingerprint density at radius 1 is 1.23 bits per heavy atom. The summed E-state index contributed by atoms with van der Waals surface area (Å²) < 4.78 is 6.22. The van der Waals surface area contributed by atoms with Gasteiger partial charge < -0.3 is 15.2 Å². The SMILES string of the molecule is COc1cc(Br)c(Br)c(C=C2SC(=O)N(CC(=O)Nc3ccc(C)c(C)c3)C2=O)c1O. The molecule has 3 rings (SSSR count). The molecule has 0 saturated carbocycles. The number of imide groups is 1. The summed E-state index contributed by atoms with van der Waals surface area (Å²) in [6.45, 7) is 3.48. The molecule has 1 aliphatic rings. The summed E-state index contributed by atoms with van der Waals surface area (Å²) in [5, 5.41) is 12.6. The molecule has 0 aromatic heterocycles. The average molecular weight is 570 g/mol. The number of carbonyl (C=O) groups excluding carboxylic acids is 3. The number of nitrogens with zero attached hydrogens (tertiary/aromatic N) is 1. The van der Waals surface area contributed by atoms with Crippen molar-refractivity contribution in [3.63, 3.8) is 0 Å². The average Bonchev–Trinajstić information content (AvgIpc) is 2.98.